The summed E-state index contributed by atoms with van der Waals surface area (Å²) >= 11 is 1.03. The molecule has 1 aromatic rings. The Morgan fingerprint density at radius 2 is 2.06 bits per heavy atom. The molecule has 2 N–H and O–H groups in total. The Hall–Kier alpha value is -0.660. The van der Waals surface area contributed by atoms with Crippen molar-refractivity contribution in [3.8, 4) is 0 Å². The Kier molecular flexibility index (Phi) is 4.28. The zero-order valence-electron chi connectivity index (χ0n) is 9.73. The number of nitrogen functional groups attached to an aromatic ring is 1. The van der Waals surface area contributed by atoms with Gasteiger partial charge in [0.1, 0.15) is 0 Å². The normalized spacial score (nSPS) is 12.2. The average Bonchev–Trinajstić information content (AvgIpc) is 2.54. The third-order valence-electron chi connectivity index (χ3n) is 2.17. The minimum Gasteiger partial charge on any atom is -0.375 e. The molecule has 0 amide bonds. The average molecular weight is 263 g/mol. The summed E-state index contributed by atoms with van der Waals surface area (Å²) in [6.45, 7) is 6.43. The van der Waals surface area contributed by atoms with E-state index in [1.54, 1.807) is 6.92 Å². The first-order valence-corrected chi connectivity index (χ1v) is 7.42. The van der Waals surface area contributed by atoms with Crippen LogP contribution in [-0.4, -0.2) is 30.8 Å². The highest BCUT2D eigenvalue weighted by Crippen LogP contribution is 2.27. The first-order chi connectivity index (χ1) is 7.43. The molecule has 7 heteroatoms. The molecule has 0 aliphatic rings. The van der Waals surface area contributed by atoms with Crippen LogP contribution in [0.15, 0.2) is 4.21 Å². The van der Waals surface area contributed by atoms with Gasteiger partial charge in [-0.1, -0.05) is 25.2 Å². The maximum absolute atomic E-state index is 12.2. The molecule has 1 aromatic heterocycles. The predicted molar refractivity (Wildman–Crippen MR) is 66.0 cm³/mol. The lowest BCUT2D eigenvalue weighted by Gasteiger charge is -2.18. The number of sulfonamides is 1. The van der Waals surface area contributed by atoms with Gasteiger partial charge in [0, 0.05) is 13.1 Å². The SMILES string of the molecule is CCCN(CC)S(=O)(=O)c1sc(N)nc1C. The summed E-state index contributed by atoms with van der Waals surface area (Å²) in [6.07, 6.45) is 0.792. The van der Waals surface area contributed by atoms with Gasteiger partial charge in [0.15, 0.2) is 9.34 Å². The molecule has 0 aliphatic heterocycles. The molecule has 0 spiro atoms. The molecule has 0 fully saturated rings. The van der Waals surface area contributed by atoms with E-state index >= 15 is 0 Å². The third kappa shape index (κ3) is 2.53. The molecule has 0 aromatic carbocycles. The molecule has 0 aliphatic carbocycles. The minimum absolute atomic E-state index is 0.264. The minimum atomic E-state index is -3.41. The number of rotatable bonds is 5. The number of aryl methyl sites for hydroxylation is 1. The number of anilines is 1. The Labute approximate surface area is 100 Å². The third-order valence-corrected chi connectivity index (χ3v) is 5.72. The van der Waals surface area contributed by atoms with Crippen molar-refractivity contribution in [3.05, 3.63) is 5.69 Å². The van der Waals surface area contributed by atoms with Crippen molar-refractivity contribution < 1.29 is 8.42 Å². The molecule has 16 heavy (non-hydrogen) atoms. The first-order valence-electron chi connectivity index (χ1n) is 5.16. The van der Waals surface area contributed by atoms with Gasteiger partial charge < -0.3 is 5.73 Å². The van der Waals surface area contributed by atoms with Crippen LogP contribution in [0.4, 0.5) is 5.13 Å². The zero-order valence-corrected chi connectivity index (χ0v) is 11.4. The van der Waals surface area contributed by atoms with Crippen LogP contribution in [0.5, 0.6) is 0 Å². The second-order valence-electron chi connectivity index (χ2n) is 3.42. The number of hydrogen-bond donors (Lipinski definition) is 1. The van der Waals surface area contributed by atoms with E-state index in [0.717, 1.165) is 17.8 Å². The van der Waals surface area contributed by atoms with Gasteiger partial charge in [-0.25, -0.2) is 13.4 Å². The number of nitrogens with two attached hydrogens (primary N) is 1. The summed E-state index contributed by atoms with van der Waals surface area (Å²) in [7, 11) is -3.41. The second-order valence-corrected chi connectivity index (χ2v) is 6.59. The van der Waals surface area contributed by atoms with Gasteiger partial charge in [-0.15, -0.1) is 0 Å². The Balaban J connectivity index is 3.14. The summed E-state index contributed by atoms with van der Waals surface area (Å²) in [4.78, 5) is 3.94. The van der Waals surface area contributed by atoms with Crippen LogP contribution in [-0.2, 0) is 10.0 Å². The molecule has 0 unspecified atom stereocenters. The number of aromatic nitrogens is 1. The van der Waals surface area contributed by atoms with Crippen molar-refractivity contribution in [2.45, 2.75) is 31.4 Å². The Morgan fingerprint density at radius 1 is 1.44 bits per heavy atom. The van der Waals surface area contributed by atoms with Gasteiger partial charge in [0.05, 0.1) is 5.69 Å². The molecule has 0 saturated carbocycles. The highest BCUT2D eigenvalue weighted by Gasteiger charge is 2.27. The number of hydrogen-bond acceptors (Lipinski definition) is 5. The number of thiazole rings is 1. The quantitative estimate of drug-likeness (QED) is 0.872. The molecular formula is C9H17N3O2S2. The second kappa shape index (κ2) is 5.11. The lowest BCUT2D eigenvalue weighted by atomic mass is 10.5. The molecule has 1 heterocycles. The van der Waals surface area contributed by atoms with E-state index in [4.69, 9.17) is 5.73 Å². The van der Waals surface area contributed by atoms with Crippen molar-refractivity contribution in [2.24, 2.45) is 0 Å². The van der Waals surface area contributed by atoms with Crippen LogP contribution >= 0.6 is 11.3 Å². The lowest BCUT2D eigenvalue weighted by Crippen LogP contribution is -2.31. The molecule has 0 saturated heterocycles. The van der Waals surface area contributed by atoms with Crippen molar-refractivity contribution in [3.63, 3.8) is 0 Å². The molecule has 0 radical (unpaired) electrons. The molecule has 0 bridgehead atoms. The van der Waals surface area contributed by atoms with Gasteiger partial charge in [0.25, 0.3) is 10.0 Å². The molecule has 92 valence electrons. The van der Waals surface area contributed by atoms with E-state index in [2.05, 4.69) is 4.98 Å². The topological polar surface area (TPSA) is 76.3 Å². The fourth-order valence-electron chi connectivity index (χ4n) is 1.46. The summed E-state index contributed by atoms with van der Waals surface area (Å²) < 4.78 is 26.2. The van der Waals surface area contributed by atoms with Crippen LogP contribution in [0.25, 0.3) is 0 Å². The monoisotopic (exact) mass is 263 g/mol. The van der Waals surface area contributed by atoms with Crippen LogP contribution in [0.1, 0.15) is 26.0 Å². The van der Waals surface area contributed by atoms with E-state index in [0.29, 0.717) is 23.9 Å². The lowest BCUT2D eigenvalue weighted by molar-refractivity contribution is 0.428. The maximum atomic E-state index is 12.2. The summed E-state index contributed by atoms with van der Waals surface area (Å²) in [5.41, 5.74) is 6.00. The molecule has 0 atom stereocenters. The van der Waals surface area contributed by atoms with Crippen LogP contribution in [0.2, 0.25) is 0 Å². The van der Waals surface area contributed by atoms with Crippen LogP contribution < -0.4 is 5.73 Å². The van der Waals surface area contributed by atoms with E-state index in [1.165, 1.54) is 4.31 Å². The van der Waals surface area contributed by atoms with E-state index in [-0.39, 0.29) is 4.21 Å². The van der Waals surface area contributed by atoms with Crippen molar-refractivity contribution in [2.75, 3.05) is 18.8 Å². The van der Waals surface area contributed by atoms with Gasteiger partial charge in [-0.05, 0) is 13.3 Å². The van der Waals surface area contributed by atoms with Gasteiger partial charge in [-0.2, -0.15) is 4.31 Å². The highest BCUT2D eigenvalue weighted by molar-refractivity contribution is 7.91. The zero-order chi connectivity index (χ0) is 12.3. The van der Waals surface area contributed by atoms with E-state index in [1.807, 2.05) is 13.8 Å². The van der Waals surface area contributed by atoms with Gasteiger partial charge >= 0.3 is 0 Å². The van der Waals surface area contributed by atoms with Crippen molar-refractivity contribution >= 4 is 26.5 Å². The Bertz CT molecular complexity index is 453. The fourth-order valence-corrected chi connectivity index (χ4v) is 4.43. The van der Waals surface area contributed by atoms with Gasteiger partial charge in [0.2, 0.25) is 0 Å². The standard InChI is InChI=1S/C9H17N3O2S2/c1-4-6-12(5-2)16(13,14)8-7(3)11-9(10)15-8/h4-6H2,1-3H3,(H2,10,11). The van der Waals surface area contributed by atoms with Crippen molar-refractivity contribution in [1.29, 1.82) is 0 Å². The van der Waals surface area contributed by atoms with Crippen LogP contribution in [0, 0.1) is 6.92 Å². The molecule has 5 nitrogen and oxygen atoms in total. The smallest absolute Gasteiger partial charge is 0.254 e. The largest absolute Gasteiger partial charge is 0.375 e. The van der Waals surface area contributed by atoms with Crippen LogP contribution in [0.3, 0.4) is 0 Å². The Morgan fingerprint density at radius 3 is 2.44 bits per heavy atom. The van der Waals surface area contributed by atoms with Gasteiger partial charge in [-0.3, -0.25) is 0 Å². The molecular weight excluding hydrogens is 246 g/mol. The number of nitrogens with zero attached hydrogens (tertiary/aromatic N) is 2. The van der Waals surface area contributed by atoms with E-state index in [9.17, 15) is 8.42 Å². The van der Waals surface area contributed by atoms with E-state index < -0.39 is 10.0 Å². The predicted octanol–water partition coefficient (Wildman–Crippen LogP) is 1.45. The summed E-state index contributed by atoms with van der Waals surface area (Å²) in [5, 5.41) is 0.295. The molecule has 1 rings (SSSR count). The fraction of sp³-hybridized carbons (Fsp3) is 0.667. The first kappa shape index (κ1) is 13.4. The van der Waals surface area contributed by atoms with Crippen molar-refractivity contribution in [1.82, 2.24) is 9.29 Å². The maximum Gasteiger partial charge on any atom is 0.254 e. The summed E-state index contributed by atoms with van der Waals surface area (Å²) in [6, 6.07) is 0. The highest BCUT2D eigenvalue weighted by atomic mass is 32.2. The summed E-state index contributed by atoms with van der Waals surface area (Å²) in [5.74, 6) is 0.